The molecule has 0 fully saturated rings. The number of anilines is 1. The zero-order chi connectivity index (χ0) is 15.2. The molecule has 2 rings (SSSR count). The molecule has 0 saturated heterocycles. The number of hydrogen-bond acceptors (Lipinski definition) is 2. The van der Waals surface area contributed by atoms with Gasteiger partial charge in [0, 0.05) is 16.3 Å². The SMILES string of the molecule is C=CCOc1ccc(C(=O)Nc2cc(Cl)ccc2C)cc1. The standard InChI is InChI=1S/C17H16ClNO2/c1-3-10-21-15-8-5-13(6-9-15)17(20)19-16-11-14(18)7-4-12(16)2/h3-9,11H,1,10H2,2H3,(H,19,20). The minimum atomic E-state index is -0.185. The van der Waals surface area contributed by atoms with E-state index in [1.807, 2.05) is 13.0 Å². The van der Waals surface area contributed by atoms with Crippen molar-refractivity contribution in [3.05, 3.63) is 71.3 Å². The van der Waals surface area contributed by atoms with Gasteiger partial charge < -0.3 is 10.1 Å². The highest BCUT2D eigenvalue weighted by Crippen LogP contribution is 2.21. The Labute approximate surface area is 129 Å². The molecule has 0 spiro atoms. The topological polar surface area (TPSA) is 38.3 Å². The van der Waals surface area contributed by atoms with Crippen molar-refractivity contribution in [3.63, 3.8) is 0 Å². The van der Waals surface area contributed by atoms with Gasteiger partial charge in [-0.15, -0.1) is 0 Å². The second kappa shape index (κ2) is 6.95. The highest BCUT2D eigenvalue weighted by molar-refractivity contribution is 6.31. The number of benzene rings is 2. The molecular formula is C17H16ClNO2. The van der Waals surface area contributed by atoms with E-state index in [-0.39, 0.29) is 5.91 Å². The van der Waals surface area contributed by atoms with Crippen LogP contribution in [0, 0.1) is 6.92 Å². The van der Waals surface area contributed by atoms with Crippen molar-refractivity contribution in [2.24, 2.45) is 0 Å². The van der Waals surface area contributed by atoms with Gasteiger partial charge in [-0.25, -0.2) is 0 Å². The van der Waals surface area contributed by atoms with Crippen LogP contribution in [0.5, 0.6) is 5.75 Å². The van der Waals surface area contributed by atoms with Crippen LogP contribution < -0.4 is 10.1 Å². The summed E-state index contributed by atoms with van der Waals surface area (Å²) in [5.74, 6) is 0.515. The van der Waals surface area contributed by atoms with E-state index in [4.69, 9.17) is 16.3 Å². The van der Waals surface area contributed by atoms with Gasteiger partial charge in [-0.1, -0.05) is 30.3 Å². The lowest BCUT2D eigenvalue weighted by molar-refractivity contribution is 0.102. The summed E-state index contributed by atoms with van der Waals surface area (Å²) in [5.41, 5.74) is 2.22. The van der Waals surface area contributed by atoms with E-state index in [1.54, 1.807) is 42.5 Å². The average molecular weight is 302 g/mol. The van der Waals surface area contributed by atoms with Gasteiger partial charge in [0.05, 0.1) is 0 Å². The van der Waals surface area contributed by atoms with E-state index in [2.05, 4.69) is 11.9 Å². The number of rotatable bonds is 5. The van der Waals surface area contributed by atoms with Gasteiger partial charge in [-0.05, 0) is 48.9 Å². The van der Waals surface area contributed by atoms with E-state index < -0.39 is 0 Å². The first-order valence-electron chi connectivity index (χ1n) is 6.51. The predicted molar refractivity (Wildman–Crippen MR) is 86.3 cm³/mol. The summed E-state index contributed by atoms with van der Waals surface area (Å²) in [4.78, 5) is 12.2. The monoisotopic (exact) mass is 301 g/mol. The Balaban J connectivity index is 2.09. The third kappa shape index (κ3) is 4.10. The zero-order valence-corrected chi connectivity index (χ0v) is 12.5. The van der Waals surface area contributed by atoms with E-state index in [9.17, 15) is 4.79 Å². The summed E-state index contributed by atoms with van der Waals surface area (Å²) >= 11 is 5.94. The number of ether oxygens (including phenoxy) is 1. The molecule has 2 aromatic carbocycles. The van der Waals surface area contributed by atoms with Gasteiger partial charge in [0.2, 0.25) is 0 Å². The van der Waals surface area contributed by atoms with Crippen molar-refractivity contribution in [2.45, 2.75) is 6.92 Å². The van der Waals surface area contributed by atoms with Crippen LogP contribution in [0.2, 0.25) is 5.02 Å². The Kier molecular flexibility index (Phi) is 5.01. The molecule has 2 aromatic rings. The van der Waals surface area contributed by atoms with Crippen LogP contribution in [0.15, 0.2) is 55.1 Å². The lowest BCUT2D eigenvalue weighted by atomic mass is 10.1. The number of hydrogen-bond donors (Lipinski definition) is 1. The van der Waals surface area contributed by atoms with Crippen LogP contribution in [0.25, 0.3) is 0 Å². The number of amides is 1. The quantitative estimate of drug-likeness (QED) is 0.828. The Morgan fingerprint density at radius 2 is 2.00 bits per heavy atom. The molecule has 0 atom stereocenters. The van der Waals surface area contributed by atoms with Crippen LogP contribution in [0.3, 0.4) is 0 Å². The maximum atomic E-state index is 12.2. The normalized spacial score (nSPS) is 10.0. The summed E-state index contributed by atoms with van der Waals surface area (Å²) in [7, 11) is 0. The van der Waals surface area contributed by atoms with Crippen LogP contribution in [-0.4, -0.2) is 12.5 Å². The lowest BCUT2D eigenvalue weighted by Gasteiger charge is -2.09. The van der Waals surface area contributed by atoms with Gasteiger partial charge in [0.25, 0.3) is 5.91 Å². The molecule has 1 N–H and O–H groups in total. The summed E-state index contributed by atoms with van der Waals surface area (Å²) in [6.45, 7) is 5.94. The van der Waals surface area contributed by atoms with E-state index in [1.165, 1.54) is 0 Å². The van der Waals surface area contributed by atoms with Crippen LogP contribution in [-0.2, 0) is 0 Å². The first-order valence-corrected chi connectivity index (χ1v) is 6.89. The average Bonchev–Trinajstić information content (AvgIpc) is 2.49. The summed E-state index contributed by atoms with van der Waals surface area (Å²) in [6, 6.07) is 12.3. The third-order valence-electron chi connectivity index (χ3n) is 2.93. The van der Waals surface area contributed by atoms with Crippen LogP contribution in [0.4, 0.5) is 5.69 Å². The Hall–Kier alpha value is -2.26. The molecule has 0 aromatic heterocycles. The van der Waals surface area contributed by atoms with Crippen LogP contribution >= 0.6 is 11.6 Å². The smallest absolute Gasteiger partial charge is 0.255 e. The van der Waals surface area contributed by atoms with Crippen molar-refractivity contribution in [2.75, 3.05) is 11.9 Å². The number of carbonyl (C=O) groups excluding carboxylic acids is 1. The lowest BCUT2D eigenvalue weighted by Crippen LogP contribution is -2.12. The fourth-order valence-corrected chi connectivity index (χ4v) is 1.95. The van der Waals surface area contributed by atoms with Crippen molar-refractivity contribution >= 4 is 23.2 Å². The zero-order valence-electron chi connectivity index (χ0n) is 11.7. The predicted octanol–water partition coefficient (Wildman–Crippen LogP) is 4.47. The largest absolute Gasteiger partial charge is 0.490 e. The molecule has 0 aliphatic rings. The minimum absolute atomic E-state index is 0.185. The van der Waals surface area contributed by atoms with Gasteiger partial charge in [0.1, 0.15) is 12.4 Å². The number of nitrogens with one attached hydrogen (secondary N) is 1. The fourth-order valence-electron chi connectivity index (χ4n) is 1.78. The molecule has 108 valence electrons. The minimum Gasteiger partial charge on any atom is -0.490 e. The second-order valence-corrected chi connectivity index (χ2v) is 4.97. The maximum Gasteiger partial charge on any atom is 0.255 e. The molecule has 0 unspecified atom stereocenters. The number of halogens is 1. The number of carbonyl (C=O) groups is 1. The summed E-state index contributed by atoms with van der Waals surface area (Å²) < 4.78 is 5.38. The molecule has 0 saturated carbocycles. The molecular weight excluding hydrogens is 286 g/mol. The molecule has 0 aliphatic heterocycles. The molecule has 21 heavy (non-hydrogen) atoms. The second-order valence-electron chi connectivity index (χ2n) is 4.54. The highest BCUT2D eigenvalue weighted by atomic mass is 35.5. The Bertz CT molecular complexity index is 650. The van der Waals surface area contributed by atoms with Crippen molar-refractivity contribution in [1.29, 1.82) is 0 Å². The molecule has 0 radical (unpaired) electrons. The van der Waals surface area contributed by atoms with Crippen molar-refractivity contribution in [3.8, 4) is 5.75 Å². The van der Waals surface area contributed by atoms with E-state index in [0.717, 1.165) is 5.56 Å². The number of aryl methyl sites for hydroxylation is 1. The molecule has 4 heteroatoms. The van der Waals surface area contributed by atoms with Gasteiger partial charge in [-0.2, -0.15) is 0 Å². The highest BCUT2D eigenvalue weighted by Gasteiger charge is 2.08. The third-order valence-corrected chi connectivity index (χ3v) is 3.17. The molecule has 1 amide bonds. The van der Waals surface area contributed by atoms with Crippen molar-refractivity contribution in [1.82, 2.24) is 0 Å². The summed E-state index contributed by atoms with van der Waals surface area (Å²) in [6.07, 6.45) is 1.67. The fraction of sp³-hybridized carbons (Fsp3) is 0.118. The summed E-state index contributed by atoms with van der Waals surface area (Å²) in [5, 5.41) is 3.44. The molecule has 0 heterocycles. The van der Waals surface area contributed by atoms with E-state index in [0.29, 0.717) is 28.6 Å². The first-order chi connectivity index (χ1) is 10.1. The Morgan fingerprint density at radius 1 is 1.29 bits per heavy atom. The molecule has 3 nitrogen and oxygen atoms in total. The van der Waals surface area contributed by atoms with Gasteiger partial charge in [-0.3, -0.25) is 4.79 Å². The molecule has 0 aliphatic carbocycles. The van der Waals surface area contributed by atoms with Crippen molar-refractivity contribution < 1.29 is 9.53 Å². The maximum absolute atomic E-state index is 12.2. The van der Waals surface area contributed by atoms with E-state index >= 15 is 0 Å². The Morgan fingerprint density at radius 3 is 2.67 bits per heavy atom. The van der Waals surface area contributed by atoms with Gasteiger partial charge in [0.15, 0.2) is 0 Å². The van der Waals surface area contributed by atoms with Gasteiger partial charge >= 0.3 is 0 Å². The molecule has 0 bridgehead atoms. The first kappa shape index (κ1) is 15.1. The van der Waals surface area contributed by atoms with Crippen LogP contribution in [0.1, 0.15) is 15.9 Å².